The monoisotopic (exact) mass is 347 g/mol. The zero-order chi connectivity index (χ0) is 15.4. The number of rotatable bonds is 5. The number of nitrogens with zero attached hydrogens (tertiary/aromatic N) is 1. The van der Waals surface area contributed by atoms with Crippen LogP contribution in [0.25, 0.3) is 17.0 Å². The Labute approximate surface area is 147 Å². The van der Waals surface area contributed by atoms with Gasteiger partial charge in [0, 0.05) is 29.1 Å². The lowest BCUT2D eigenvalue weighted by Gasteiger charge is -2.13. The van der Waals surface area contributed by atoms with Gasteiger partial charge in [-0.2, -0.15) is 0 Å². The fourth-order valence-corrected chi connectivity index (χ4v) is 2.69. The molecule has 3 aromatic rings. The smallest absolute Gasteiger partial charge is 0.134 e. The highest BCUT2D eigenvalue weighted by molar-refractivity contribution is 6.30. The first-order valence-electron chi connectivity index (χ1n) is 7.28. The van der Waals surface area contributed by atoms with Crippen LogP contribution in [0.2, 0.25) is 5.02 Å². The van der Waals surface area contributed by atoms with E-state index >= 15 is 0 Å². The Morgan fingerprint density at radius 1 is 1.13 bits per heavy atom. The van der Waals surface area contributed by atoms with E-state index in [-0.39, 0.29) is 12.4 Å². The number of fused-ring (bicyclic) bond motifs is 1. The minimum Gasteiger partial charge on any atom is -0.464 e. The van der Waals surface area contributed by atoms with E-state index < -0.39 is 0 Å². The molecular formula is C19H19Cl2NO. The van der Waals surface area contributed by atoms with E-state index in [1.807, 2.05) is 48.7 Å². The topological polar surface area (TPSA) is 16.4 Å². The molecule has 0 atom stereocenters. The first-order chi connectivity index (χ1) is 10.7. The van der Waals surface area contributed by atoms with E-state index in [0.717, 1.165) is 29.3 Å². The van der Waals surface area contributed by atoms with Crippen LogP contribution in [-0.2, 0) is 6.54 Å². The van der Waals surface area contributed by atoms with Crippen molar-refractivity contribution in [3.8, 4) is 0 Å². The van der Waals surface area contributed by atoms with Gasteiger partial charge in [-0.1, -0.05) is 54.1 Å². The molecule has 1 heterocycles. The van der Waals surface area contributed by atoms with Crippen LogP contribution in [0, 0.1) is 0 Å². The second-order valence-electron chi connectivity index (χ2n) is 5.41. The molecule has 0 saturated carbocycles. The first kappa shape index (κ1) is 17.6. The molecule has 0 aliphatic rings. The summed E-state index contributed by atoms with van der Waals surface area (Å²) in [6, 6.07) is 16.0. The number of halogens is 2. The molecule has 0 aliphatic carbocycles. The van der Waals surface area contributed by atoms with Crippen LogP contribution in [0.5, 0.6) is 0 Å². The van der Waals surface area contributed by atoms with E-state index in [4.69, 9.17) is 16.0 Å². The third-order valence-electron chi connectivity index (χ3n) is 3.58. The molecule has 2 nitrogen and oxygen atoms in total. The highest BCUT2D eigenvalue weighted by Crippen LogP contribution is 2.21. The van der Waals surface area contributed by atoms with Crippen LogP contribution in [-0.4, -0.2) is 18.5 Å². The van der Waals surface area contributed by atoms with Crippen molar-refractivity contribution in [2.24, 2.45) is 0 Å². The average molecular weight is 348 g/mol. The highest BCUT2D eigenvalue weighted by Gasteiger charge is 2.06. The summed E-state index contributed by atoms with van der Waals surface area (Å²) in [5.41, 5.74) is 3.28. The summed E-state index contributed by atoms with van der Waals surface area (Å²) in [4.78, 5) is 2.25. The molecule has 0 amide bonds. The fraction of sp³-hybridized carbons (Fsp3) is 0.158. The Kier molecular flexibility index (Phi) is 6.28. The maximum atomic E-state index is 5.98. The Balaban J connectivity index is 0.00000192. The van der Waals surface area contributed by atoms with Crippen molar-refractivity contribution in [3.05, 3.63) is 77.0 Å². The summed E-state index contributed by atoms with van der Waals surface area (Å²) in [5, 5.41) is 1.95. The van der Waals surface area contributed by atoms with Gasteiger partial charge in [0.15, 0.2) is 0 Å². The van der Waals surface area contributed by atoms with Crippen LogP contribution < -0.4 is 0 Å². The van der Waals surface area contributed by atoms with Crippen molar-refractivity contribution in [1.82, 2.24) is 4.90 Å². The van der Waals surface area contributed by atoms with Crippen molar-refractivity contribution in [1.29, 1.82) is 0 Å². The molecule has 0 radical (unpaired) electrons. The van der Waals surface area contributed by atoms with Crippen molar-refractivity contribution >= 4 is 41.1 Å². The maximum absolute atomic E-state index is 5.98. The molecule has 0 spiro atoms. The number of hydrogen-bond donors (Lipinski definition) is 0. The minimum absolute atomic E-state index is 0. The molecule has 1 aromatic heterocycles. The Bertz CT molecular complexity index is 795. The zero-order valence-electron chi connectivity index (χ0n) is 12.9. The number of para-hydroxylation sites is 1. The van der Waals surface area contributed by atoms with Gasteiger partial charge in [-0.3, -0.25) is 4.90 Å². The van der Waals surface area contributed by atoms with E-state index in [1.54, 1.807) is 0 Å². The minimum atomic E-state index is 0. The summed E-state index contributed by atoms with van der Waals surface area (Å²) < 4.78 is 5.58. The number of furan rings is 1. The normalized spacial score (nSPS) is 11.3. The predicted octanol–water partition coefficient (Wildman–Crippen LogP) is 5.65. The summed E-state index contributed by atoms with van der Waals surface area (Å²) >= 11 is 5.98. The summed E-state index contributed by atoms with van der Waals surface area (Å²) in [6.07, 6.45) is 6.09. The Morgan fingerprint density at radius 2 is 1.96 bits per heavy atom. The molecule has 0 aliphatic heterocycles. The zero-order valence-corrected chi connectivity index (χ0v) is 14.5. The van der Waals surface area contributed by atoms with Gasteiger partial charge >= 0.3 is 0 Å². The van der Waals surface area contributed by atoms with Gasteiger partial charge in [-0.05, 0) is 30.8 Å². The molecule has 0 unspecified atom stereocenters. The molecule has 0 saturated heterocycles. The average Bonchev–Trinajstić information content (AvgIpc) is 2.91. The van der Waals surface area contributed by atoms with Gasteiger partial charge in [0.1, 0.15) is 5.58 Å². The van der Waals surface area contributed by atoms with Crippen LogP contribution in [0.3, 0.4) is 0 Å². The van der Waals surface area contributed by atoms with Crippen molar-refractivity contribution in [2.75, 3.05) is 13.6 Å². The van der Waals surface area contributed by atoms with Gasteiger partial charge in [-0.15, -0.1) is 12.4 Å². The second-order valence-corrected chi connectivity index (χ2v) is 5.85. The van der Waals surface area contributed by atoms with E-state index in [2.05, 4.69) is 30.2 Å². The van der Waals surface area contributed by atoms with Crippen molar-refractivity contribution in [2.45, 2.75) is 6.54 Å². The van der Waals surface area contributed by atoms with Crippen LogP contribution >= 0.6 is 24.0 Å². The number of likely N-dealkylation sites (N-methyl/N-ethyl adjacent to an activating group) is 1. The lowest BCUT2D eigenvalue weighted by molar-refractivity contribution is 0.363. The lowest BCUT2D eigenvalue weighted by atomic mass is 10.1. The number of benzene rings is 2. The van der Waals surface area contributed by atoms with Crippen LogP contribution in [0.4, 0.5) is 0 Å². The predicted molar refractivity (Wildman–Crippen MR) is 100 cm³/mol. The van der Waals surface area contributed by atoms with Crippen LogP contribution in [0.1, 0.15) is 11.1 Å². The molecule has 120 valence electrons. The maximum Gasteiger partial charge on any atom is 0.134 e. The fourth-order valence-electron chi connectivity index (χ4n) is 2.49. The van der Waals surface area contributed by atoms with E-state index in [9.17, 15) is 0 Å². The molecule has 0 fully saturated rings. The third kappa shape index (κ3) is 4.61. The number of hydrogen-bond acceptors (Lipinski definition) is 2. The van der Waals surface area contributed by atoms with Crippen molar-refractivity contribution in [3.63, 3.8) is 0 Å². The van der Waals surface area contributed by atoms with E-state index in [0.29, 0.717) is 0 Å². The standard InChI is InChI=1S/C19H18ClNO.ClH/c1-21(11-5-7-15-6-4-8-17(20)12-15)13-16-14-22-19-10-3-2-9-18(16)19;/h2-10,12,14H,11,13H2,1H3;1H/b7-5+;. The molecular weight excluding hydrogens is 329 g/mol. The van der Waals surface area contributed by atoms with Gasteiger partial charge in [0.2, 0.25) is 0 Å². The Hall–Kier alpha value is -1.74. The summed E-state index contributed by atoms with van der Waals surface area (Å²) in [5.74, 6) is 0. The van der Waals surface area contributed by atoms with Crippen LogP contribution in [0.15, 0.2) is 65.3 Å². The molecule has 4 heteroatoms. The Morgan fingerprint density at radius 3 is 2.78 bits per heavy atom. The van der Waals surface area contributed by atoms with Gasteiger partial charge in [-0.25, -0.2) is 0 Å². The van der Waals surface area contributed by atoms with Crippen molar-refractivity contribution < 1.29 is 4.42 Å². The van der Waals surface area contributed by atoms with E-state index in [1.165, 1.54) is 10.9 Å². The largest absolute Gasteiger partial charge is 0.464 e. The summed E-state index contributed by atoms with van der Waals surface area (Å²) in [7, 11) is 2.10. The second kappa shape index (κ2) is 8.21. The van der Waals surface area contributed by atoms with Gasteiger partial charge in [0.25, 0.3) is 0 Å². The SMILES string of the molecule is CN(C/C=C/c1cccc(Cl)c1)Cc1coc2ccccc12.Cl. The summed E-state index contributed by atoms with van der Waals surface area (Å²) in [6.45, 7) is 1.73. The molecule has 2 aromatic carbocycles. The third-order valence-corrected chi connectivity index (χ3v) is 3.81. The van der Waals surface area contributed by atoms with Gasteiger partial charge in [0.05, 0.1) is 6.26 Å². The quantitative estimate of drug-likeness (QED) is 0.592. The highest BCUT2D eigenvalue weighted by atomic mass is 35.5. The van der Waals surface area contributed by atoms with Gasteiger partial charge < -0.3 is 4.42 Å². The molecule has 0 bridgehead atoms. The molecule has 3 rings (SSSR count). The molecule has 23 heavy (non-hydrogen) atoms. The first-order valence-corrected chi connectivity index (χ1v) is 7.66. The molecule has 0 N–H and O–H groups in total. The lowest BCUT2D eigenvalue weighted by Crippen LogP contribution is -2.17.